The number of nitrogen functional groups attached to an aromatic ring is 1. The number of anilines is 1. The van der Waals surface area contributed by atoms with Crippen molar-refractivity contribution in [3.05, 3.63) is 114 Å². The fourth-order valence-corrected chi connectivity index (χ4v) is 4.77. The van der Waals surface area contributed by atoms with Crippen molar-refractivity contribution in [3.8, 4) is 5.88 Å². The minimum Gasteiger partial charge on any atom is -0.459 e. The zero-order valence-electron chi connectivity index (χ0n) is 22.9. The smallest absolute Gasteiger partial charge is 0.338 e. The number of hydrogen-bond donors (Lipinski definition) is 1. The minimum absolute atomic E-state index is 0.00308. The van der Waals surface area contributed by atoms with Gasteiger partial charge in [0.15, 0.2) is 29.6 Å². The molecule has 1 fully saturated rings. The number of aromatic nitrogens is 4. The Labute approximate surface area is 249 Å². The second-order valence-corrected chi connectivity index (χ2v) is 9.71. The number of rotatable bonds is 8. The van der Waals surface area contributed by atoms with Crippen LogP contribution in [0.2, 0.25) is 0 Å². The fourth-order valence-electron chi connectivity index (χ4n) is 4.77. The van der Waals surface area contributed by atoms with E-state index < -0.39 is 48.3 Å². The van der Waals surface area contributed by atoms with E-state index in [2.05, 4.69) is 15.0 Å². The number of hydrogen-bond acceptors (Lipinski definition) is 11. The lowest BCUT2D eigenvalue weighted by atomic mass is 10.1. The second-order valence-electron chi connectivity index (χ2n) is 9.71. The molecule has 2 N–H and O–H groups in total. The molecule has 0 saturated carbocycles. The molecule has 4 atom stereocenters. The predicted molar refractivity (Wildman–Crippen MR) is 152 cm³/mol. The topological polar surface area (TPSA) is 178 Å². The van der Waals surface area contributed by atoms with Crippen molar-refractivity contribution >= 4 is 35.0 Å². The van der Waals surface area contributed by atoms with Crippen LogP contribution in [0, 0.1) is 0 Å². The third kappa shape index (κ3) is 5.76. The molecule has 0 aliphatic carbocycles. The van der Waals surface area contributed by atoms with Gasteiger partial charge in [0, 0.05) is 0 Å². The van der Waals surface area contributed by atoms with Crippen LogP contribution >= 0.6 is 0 Å². The van der Waals surface area contributed by atoms with Gasteiger partial charge in [-0.3, -0.25) is 9.67 Å². The summed E-state index contributed by atoms with van der Waals surface area (Å²) in [5.74, 6) is -3.14. The summed E-state index contributed by atoms with van der Waals surface area (Å²) in [7, 11) is 0. The van der Waals surface area contributed by atoms with Crippen LogP contribution in [0.4, 0.5) is 5.95 Å². The van der Waals surface area contributed by atoms with Gasteiger partial charge >= 0.3 is 23.8 Å². The Morgan fingerprint density at radius 1 is 0.750 bits per heavy atom. The number of esters is 3. The average molecular weight is 595 g/mol. The largest absolute Gasteiger partial charge is 0.459 e. The van der Waals surface area contributed by atoms with Gasteiger partial charge in [-0.2, -0.15) is 9.97 Å². The van der Waals surface area contributed by atoms with Gasteiger partial charge in [-0.1, -0.05) is 54.6 Å². The van der Waals surface area contributed by atoms with Crippen LogP contribution < -0.4 is 5.73 Å². The van der Waals surface area contributed by atoms with E-state index in [0.29, 0.717) is 5.56 Å². The number of carbonyl (C=O) groups is 3. The van der Waals surface area contributed by atoms with Crippen molar-refractivity contribution in [1.82, 2.24) is 19.5 Å². The summed E-state index contributed by atoms with van der Waals surface area (Å²) < 4.78 is 25.0. The molecule has 1 radical (unpaired) electrons. The molecule has 6 rings (SSSR count). The fraction of sp³-hybridized carbons (Fsp3) is 0.161. The quantitative estimate of drug-likeness (QED) is 0.204. The van der Waals surface area contributed by atoms with E-state index in [9.17, 15) is 19.5 Å². The maximum Gasteiger partial charge on any atom is 0.338 e. The van der Waals surface area contributed by atoms with Crippen molar-refractivity contribution in [2.45, 2.75) is 24.5 Å². The van der Waals surface area contributed by atoms with Crippen molar-refractivity contribution < 1.29 is 38.4 Å². The minimum atomic E-state index is -1.32. The Kier molecular flexibility index (Phi) is 7.84. The molecule has 221 valence electrons. The lowest BCUT2D eigenvalue weighted by Crippen LogP contribution is -2.41. The Hall–Kier alpha value is -5.82. The van der Waals surface area contributed by atoms with E-state index >= 15 is 0 Å². The molecule has 13 nitrogen and oxygen atoms in total. The van der Waals surface area contributed by atoms with E-state index in [0.717, 1.165) is 0 Å². The summed E-state index contributed by atoms with van der Waals surface area (Å²) in [6.07, 6.45) is -3.72. The molecule has 5 aromatic rings. The molecule has 2 aromatic heterocycles. The average Bonchev–Trinajstić information content (AvgIpc) is 3.62. The van der Waals surface area contributed by atoms with Gasteiger partial charge < -0.3 is 24.7 Å². The number of nitrogens with two attached hydrogens (primary N) is 1. The van der Waals surface area contributed by atoms with Crippen LogP contribution in [0.15, 0.2) is 97.3 Å². The molecule has 1 aliphatic heterocycles. The Balaban J connectivity index is 1.39. The lowest BCUT2D eigenvalue weighted by Gasteiger charge is -2.25. The first kappa shape index (κ1) is 28.3. The Morgan fingerprint density at radius 2 is 1.27 bits per heavy atom. The number of nitrogens with zero attached hydrogens (tertiary/aromatic N) is 4. The van der Waals surface area contributed by atoms with Crippen LogP contribution in [-0.4, -0.2) is 62.3 Å². The summed E-state index contributed by atoms with van der Waals surface area (Å²) in [5, 5.41) is 12.5. The standard InChI is InChI=1S/C31H24N5O8/c32-31-34-25-22(26(37)35-31)33-17-36(25)27-24(44-30(40)20-14-8-3-9-15-20)23(43-29(39)19-12-6-2-7-13-19)21(42-27)16-41-28(38)18-10-4-1-5-11-18/h1-15,17,21,23-24,27H,16H2,(H2,32,34,35). The van der Waals surface area contributed by atoms with E-state index in [1.165, 1.54) is 10.9 Å². The van der Waals surface area contributed by atoms with Gasteiger partial charge in [0.2, 0.25) is 5.95 Å². The summed E-state index contributed by atoms with van der Waals surface area (Å²) >= 11 is 0. The van der Waals surface area contributed by atoms with E-state index in [1.807, 2.05) is 0 Å². The highest BCUT2D eigenvalue weighted by molar-refractivity contribution is 5.91. The van der Waals surface area contributed by atoms with Crippen molar-refractivity contribution in [2.75, 3.05) is 12.3 Å². The molecule has 4 unspecified atom stereocenters. The van der Waals surface area contributed by atoms with Crippen molar-refractivity contribution in [3.63, 3.8) is 0 Å². The van der Waals surface area contributed by atoms with Crippen molar-refractivity contribution in [2.24, 2.45) is 0 Å². The molecule has 1 saturated heterocycles. The third-order valence-electron chi connectivity index (χ3n) is 6.86. The summed E-state index contributed by atoms with van der Waals surface area (Å²) in [6.45, 7) is -0.382. The number of fused-ring (bicyclic) bond motifs is 1. The first-order valence-corrected chi connectivity index (χ1v) is 13.5. The van der Waals surface area contributed by atoms with Crippen LogP contribution in [0.1, 0.15) is 37.3 Å². The molecule has 13 heteroatoms. The highest BCUT2D eigenvalue weighted by Gasteiger charge is 2.52. The molecule has 3 heterocycles. The van der Waals surface area contributed by atoms with Crippen LogP contribution in [0.3, 0.4) is 0 Å². The second kappa shape index (κ2) is 12.2. The molecule has 0 amide bonds. The molecule has 0 bridgehead atoms. The van der Waals surface area contributed by atoms with E-state index in [-0.39, 0.29) is 34.8 Å². The number of imidazole rings is 1. The van der Waals surface area contributed by atoms with E-state index in [4.69, 9.17) is 24.7 Å². The van der Waals surface area contributed by atoms with Crippen LogP contribution in [0.5, 0.6) is 5.88 Å². The number of carbonyl (C=O) groups excluding carboxylic acids is 3. The first-order valence-electron chi connectivity index (χ1n) is 13.5. The highest BCUT2D eigenvalue weighted by atomic mass is 16.7. The number of benzene rings is 3. The van der Waals surface area contributed by atoms with Gasteiger partial charge in [-0.05, 0) is 36.4 Å². The van der Waals surface area contributed by atoms with E-state index in [1.54, 1.807) is 91.0 Å². The van der Waals surface area contributed by atoms with Crippen LogP contribution in [-0.2, 0) is 24.1 Å². The normalized spacial score (nSPS) is 19.4. The zero-order chi connectivity index (χ0) is 30.6. The lowest BCUT2D eigenvalue weighted by molar-refractivity contribution is -0.0606. The zero-order valence-corrected chi connectivity index (χ0v) is 22.9. The van der Waals surface area contributed by atoms with Gasteiger partial charge in [0.25, 0.3) is 0 Å². The highest BCUT2D eigenvalue weighted by Crippen LogP contribution is 2.37. The number of ether oxygens (including phenoxy) is 4. The predicted octanol–water partition coefficient (Wildman–Crippen LogP) is 3.76. The maximum absolute atomic E-state index is 13.3. The maximum atomic E-state index is 13.3. The van der Waals surface area contributed by atoms with Crippen molar-refractivity contribution in [1.29, 1.82) is 0 Å². The SMILES string of the molecule is Nc1nc([O])c2ncn(C3OC(COC(=O)c4ccccc4)C(OC(=O)c4ccccc4)C3OC(=O)c3ccccc3)c2n1. The molecule has 3 aromatic carbocycles. The summed E-state index contributed by atoms with van der Waals surface area (Å²) in [6, 6.07) is 24.7. The third-order valence-corrected chi connectivity index (χ3v) is 6.86. The van der Waals surface area contributed by atoms with Crippen LogP contribution in [0.25, 0.3) is 11.2 Å². The van der Waals surface area contributed by atoms with Gasteiger partial charge in [0.1, 0.15) is 12.7 Å². The summed E-state index contributed by atoms with van der Waals surface area (Å²) in [5.41, 5.74) is 6.40. The Morgan fingerprint density at radius 3 is 1.84 bits per heavy atom. The molecular formula is C31H24N5O8. The van der Waals surface area contributed by atoms with Gasteiger partial charge in [-0.15, -0.1) is 0 Å². The molecule has 44 heavy (non-hydrogen) atoms. The first-order chi connectivity index (χ1) is 21.4. The van der Waals surface area contributed by atoms with Gasteiger partial charge in [0.05, 0.1) is 23.0 Å². The van der Waals surface area contributed by atoms with Gasteiger partial charge in [-0.25, -0.2) is 19.4 Å². The molecule has 1 aliphatic rings. The Bertz CT molecular complexity index is 1800. The summed E-state index contributed by atoms with van der Waals surface area (Å²) in [4.78, 5) is 51.3. The molecule has 0 spiro atoms. The monoisotopic (exact) mass is 594 g/mol. The molecular weight excluding hydrogens is 570 g/mol.